The summed E-state index contributed by atoms with van der Waals surface area (Å²) >= 11 is 5.99. The van der Waals surface area contributed by atoms with Gasteiger partial charge < -0.3 is 5.11 Å². The van der Waals surface area contributed by atoms with Crippen LogP contribution in [0.25, 0.3) is 11.1 Å². The van der Waals surface area contributed by atoms with Gasteiger partial charge in [-0.25, -0.2) is 4.98 Å². The molecule has 1 unspecified atom stereocenters. The Hall–Kier alpha value is -2.23. The zero-order valence-corrected chi connectivity index (χ0v) is 11.9. The molecule has 4 heteroatoms. The van der Waals surface area contributed by atoms with Gasteiger partial charge in [0.05, 0.1) is 0 Å². The minimum atomic E-state index is -0.894. The number of rotatable bonds is 3. The van der Waals surface area contributed by atoms with Crippen molar-refractivity contribution >= 4 is 11.6 Å². The van der Waals surface area contributed by atoms with Gasteiger partial charge in [-0.15, -0.1) is 0 Å². The molecule has 0 bridgehead atoms. The molecule has 1 atom stereocenters. The Labute approximate surface area is 127 Å². The highest BCUT2D eigenvalue weighted by Gasteiger charge is 2.16. The molecule has 0 saturated carbocycles. The van der Waals surface area contributed by atoms with Crippen LogP contribution in [0.1, 0.15) is 17.4 Å². The Bertz CT molecular complexity index is 747. The SMILES string of the molecule is OC(c1cccc(-c2ccccc2)c1)c1nccnc1Cl. The van der Waals surface area contributed by atoms with Crippen LogP contribution in [0.15, 0.2) is 67.0 Å². The van der Waals surface area contributed by atoms with Gasteiger partial charge in [-0.3, -0.25) is 4.98 Å². The highest BCUT2D eigenvalue weighted by Crippen LogP contribution is 2.28. The molecule has 104 valence electrons. The number of halogens is 1. The van der Waals surface area contributed by atoms with Crippen molar-refractivity contribution < 1.29 is 5.11 Å². The molecule has 1 N–H and O–H groups in total. The summed E-state index contributed by atoms with van der Waals surface area (Å²) in [6, 6.07) is 17.7. The maximum absolute atomic E-state index is 10.5. The van der Waals surface area contributed by atoms with E-state index in [4.69, 9.17) is 11.6 Å². The van der Waals surface area contributed by atoms with Crippen molar-refractivity contribution in [2.75, 3.05) is 0 Å². The Morgan fingerprint density at radius 3 is 2.33 bits per heavy atom. The predicted octanol–water partition coefficient (Wildman–Crippen LogP) is 3.88. The average molecular weight is 297 g/mol. The lowest BCUT2D eigenvalue weighted by Gasteiger charge is -2.12. The molecule has 0 aliphatic heterocycles. The molecule has 0 fully saturated rings. The zero-order valence-electron chi connectivity index (χ0n) is 11.1. The van der Waals surface area contributed by atoms with Gasteiger partial charge in [0.1, 0.15) is 11.8 Å². The Kier molecular flexibility index (Phi) is 3.95. The van der Waals surface area contributed by atoms with Crippen LogP contribution in [-0.2, 0) is 0 Å². The zero-order chi connectivity index (χ0) is 14.7. The number of benzene rings is 2. The lowest BCUT2D eigenvalue weighted by molar-refractivity contribution is 0.215. The van der Waals surface area contributed by atoms with Gasteiger partial charge in [-0.05, 0) is 22.8 Å². The maximum atomic E-state index is 10.5. The molecule has 0 saturated heterocycles. The second kappa shape index (κ2) is 6.04. The summed E-state index contributed by atoms with van der Waals surface area (Å²) in [5, 5.41) is 10.7. The van der Waals surface area contributed by atoms with Crippen molar-refractivity contribution in [2.24, 2.45) is 0 Å². The number of aromatic nitrogens is 2. The lowest BCUT2D eigenvalue weighted by Crippen LogP contribution is -2.04. The van der Waals surface area contributed by atoms with Crippen LogP contribution >= 0.6 is 11.6 Å². The standard InChI is InChI=1S/C17H13ClN2O/c18-17-15(19-9-10-20-17)16(21)14-8-4-7-13(11-14)12-5-2-1-3-6-12/h1-11,16,21H. The molecule has 21 heavy (non-hydrogen) atoms. The highest BCUT2D eigenvalue weighted by molar-refractivity contribution is 6.30. The van der Waals surface area contributed by atoms with E-state index in [0.717, 1.165) is 16.7 Å². The number of aliphatic hydroxyl groups excluding tert-OH is 1. The van der Waals surface area contributed by atoms with Crippen LogP contribution < -0.4 is 0 Å². The summed E-state index contributed by atoms with van der Waals surface area (Å²) in [4.78, 5) is 8.06. The molecule has 3 nitrogen and oxygen atoms in total. The van der Waals surface area contributed by atoms with Crippen LogP contribution in [0.5, 0.6) is 0 Å². The molecular weight excluding hydrogens is 284 g/mol. The number of hydrogen-bond acceptors (Lipinski definition) is 3. The smallest absolute Gasteiger partial charge is 0.153 e. The first-order valence-electron chi connectivity index (χ1n) is 6.55. The molecule has 0 aliphatic rings. The fourth-order valence-corrected chi connectivity index (χ4v) is 2.40. The first kappa shape index (κ1) is 13.7. The fraction of sp³-hybridized carbons (Fsp3) is 0.0588. The topological polar surface area (TPSA) is 46.0 Å². The summed E-state index contributed by atoms with van der Waals surface area (Å²) in [5.41, 5.74) is 3.23. The predicted molar refractivity (Wildman–Crippen MR) is 83.0 cm³/mol. The Morgan fingerprint density at radius 2 is 1.57 bits per heavy atom. The van der Waals surface area contributed by atoms with E-state index in [1.54, 1.807) is 0 Å². The summed E-state index contributed by atoms with van der Waals surface area (Å²) < 4.78 is 0. The molecule has 1 aromatic heterocycles. The van der Waals surface area contributed by atoms with Crippen LogP contribution in [0.4, 0.5) is 0 Å². The number of nitrogens with zero attached hydrogens (tertiary/aromatic N) is 2. The maximum Gasteiger partial charge on any atom is 0.153 e. The third-order valence-corrected chi connectivity index (χ3v) is 3.54. The fourth-order valence-electron chi connectivity index (χ4n) is 2.19. The number of aliphatic hydroxyl groups is 1. The normalized spacial score (nSPS) is 12.1. The summed E-state index contributed by atoms with van der Waals surface area (Å²) in [7, 11) is 0. The quantitative estimate of drug-likeness (QED) is 0.798. The highest BCUT2D eigenvalue weighted by atomic mass is 35.5. The molecule has 0 amide bonds. The molecular formula is C17H13ClN2O. The second-order valence-corrected chi connectivity index (χ2v) is 4.98. The van der Waals surface area contributed by atoms with Crippen LogP contribution in [0.3, 0.4) is 0 Å². The molecule has 0 spiro atoms. The summed E-state index contributed by atoms with van der Waals surface area (Å²) in [6.07, 6.45) is 2.12. The molecule has 2 aromatic carbocycles. The van der Waals surface area contributed by atoms with Gasteiger partial charge in [-0.1, -0.05) is 60.1 Å². The van der Waals surface area contributed by atoms with Crippen LogP contribution in [0, 0.1) is 0 Å². The molecule has 3 rings (SSSR count). The first-order valence-corrected chi connectivity index (χ1v) is 6.93. The van der Waals surface area contributed by atoms with E-state index < -0.39 is 6.10 Å². The third kappa shape index (κ3) is 2.94. The second-order valence-electron chi connectivity index (χ2n) is 4.63. The lowest BCUT2D eigenvalue weighted by atomic mass is 9.99. The van der Waals surface area contributed by atoms with Gasteiger partial charge in [0.25, 0.3) is 0 Å². The van der Waals surface area contributed by atoms with E-state index in [9.17, 15) is 5.11 Å². The van der Waals surface area contributed by atoms with Crippen molar-refractivity contribution in [1.29, 1.82) is 0 Å². The molecule has 1 heterocycles. The molecule has 3 aromatic rings. The average Bonchev–Trinajstić information content (AvgIpc) is 2.56. The van der Waals surface area contributed by atoms with Gasteiger partial charge >= 0.3 is 0 Å². The largest absolute Gasteiger partial charge is 0.382 e. The van der Waals surface area contributed by atoms with Crippen molar-refractivity contribution in [2.45, 2.75) is 6.10 Å². The van der Waals surface area contributed by atoms with E-state index >= 15 is 0 Å². The van der Waals surface area contributed by atoms with E-state index in [1.807, 2.05) is 54.6 Å². The summed E-state index contributed by atoms with van der Waals surface area (Å²) in [5.74, 6) is 0. The van der Waals surface area contributed by atoms with Gasteiger partial charge in [0, 0.05) is 12.4 Å². The van der Waals surface area contributed by atoms with E-state index in [1.165, 1.54) is 12.4 Å². The van der Waals surface area contributed by atoms with Crippen molar-refractivity contribution in [3.8, 4) is 11.1 Å². The van der Waals surface area contributed by atoms with Crippen molar-refractivity contribution in [1.82, 2.24) is 9.97 Å². The van der Waals surface area contributed by atoms with Gasteiger partial charge in [-0.2, -0.15) is 0 Å². The van der Waals surface area contributed by atoms with E-state index in [0.29, 0.717) is 5.69 Å². The third-order valence-electron chi connectivity index (χ3n) is 3.25. The minimum Gasteiger partial charge on any atom is -0.382 e. The minimum absolute atomic E-state index is 0.218. The van der Waals surface area contributed by atoms with E-state index in [2.05, 4.69) is 9.97 Å². The first-order chi connectivity index (χ1) is 10.3. The van der Waals surface area contributed by atoms with Crippen molar-refractivity contribution in [3.05, 3.63) is 83.4 Å². The monoisotopic (exact) mass is 296 g/mol. The van der Waals surface area contributed by atoms with E-state index in [-0.39, 0.29) is 5.15 Å². The van der Waals surface area contributed by atoms with Crippen molar-refractivity contribution in [3.63, 3.8) is 0 Å². The Balaban J connectivity index is 1.99. The molecule has 0 radical (unpaired) electrons. The molecule has 0 aliphatic carbocycles. The van der Waals surface area contributed by atoms with Gasteiger partial charge in [0.2, 0.25) is 0 Å². The van der Waals surface area contributed by atoms with Crippen LogP contribution in [0.2, 0.25) is 5.15 Å². The summed E-state index contributed by atoms with van der Waals surface area (Å²) in [6.45, 7) is 0. The number of hydrogen-bond donors (Lipinski definition) is 1. The van der Waals surface area contributed by atoms with Crippen LogP contribution in [-0.4, -0.2) is 15.1 Å². The van der Waals surface area contributed by atoms with Gasteiger partial charge in [0.15, 0.2) is 5.15 Å². The Morgan fingerprint density at radius 1 is 0.857 bits per heavy atom.